The van der Waals surface area contributed by atoms with Crippen LogP contribution in [0, 0.1) is 11.7 Å². The number of amides is 1. The Morgan fingerprint density at radius 2 is 1.92 bits per heavy atom. The van der Waals surface area contributed by atoms with E-state index in [0.29, 0.717) is 6.54 Å². The number of hydrogen-bond acceptors (Lipinski definition) is 3. The van der Waals surface area contributed by atoms with Gasteiger partial charge in [-0.25, -0.2) is 4.39 Å². The second-order valence-corrected chi connectivity index (χ2v) is 7.02. The molecule has 136 valence electrons. The molecule has 4 rings (SSSR count). The number of para-hydroxylation sites is 1. The van der Waals surface area contributed by atoms with Crippen LogP contribution in [0.4, 0.5) is 15.8 Å². The van der Waals surface area contributed by atoms with E-state index in [1.54, 1.807) is 0 Å². The summed E-state index contributed by atoms with van der Waals surface area (Å²) in [4.78, 5) is 17.4. The summed E-state index contributed by atoms with van der Waals surface area (Å²) in [6, 6.07) is 15.2. The summed E-state index contributed by atoms with van der Waals surface area (Å²) in [5.41, 5.74) is 3.51. The fourth-order valence-electron chi connectivity index (χ4n) is 4.25. The van der Waals surface area contributed by atoms with E-state index in [1.807, 2.05) is 25.1 Å². The lowest BCUT2D eigenvalue weighted by molar-refractivity contribution is -0.125. The molecule has 2 atom stereocenters. The van der Waals surface area contributed by atoms with Gasteiger partial charge in [-0.05, 0) is 49.2 Å². The highest BCUT2D eigenvalue weighted by atomic mass is 19.1. The Hall–Kier alpha value is -2.56. The van der Waals surface area contributed by atoms with Crippen LogP contribution in [0.15, 0.2) is 48.5 Å². The van der Waals surface area contributed by atoms with E-state index in [2.05, 4.69) is 33.3 Å². The van der Waals surface area contributed by atoms with Crippen molar-refractivity contribution in [2.24, 2.45) is 5.92 Å². The Balaban J connectivity index is 1.64. The molecular weight excluding hydrogens is 329 g/mol. The first-order valence-corrected chi connectivity index (χ1v) is 9.30. The zero-order valence-electron chi connectivity index (χ0n) is 15.0. The van der Waals surface area contributed by atoms with Crippen LogP contribution in [0.1, 0.15) is 12.5 Å². The number of carbonyl (C=O) groups is 1. The molecule has 1 saturated heterocycles. The summed E-state index contributed by atoms with van der Waals surface area (Å²) in [5.74, 6) is -0.176. The van der Waals surface area contributed by atoms with Crippen LogP contribution in [0.25, 0.3) is 0 Å². The number of hydrogen-bond donors (Lipinski definition) is 1. The molecule has 2 aliphatic heterocycles. The third kappa shape index (κ3) is 3.02. The fourth-order valence-corrected chi connectivity index (χ4v) is 4.25. The zero-order valence-corrected chi connectivity index (χ0v) is 15.0. The fraction of sp³-hybridized carbons (Fsp3) is 0.381. The maximum absolute atomic E-state index is 13.3. The lowest BCUT2D eigenvalue weighted by Gasteiger charge is -2.49. The number of anilines is 2. The van der Waals surface area contributed by atoms with Gasteiger partial charge < -0.3 is 15.1 Å². The maximum atomic E-state index is 13.3. The molecule has 5 heteroatoms. The Morgan fingerprint density at radius 1 is 1.15 bits per heavy atom. The number of rotatable bonds is 3. The van der Waals surface area contributed by atoms with Crippen LogP contribution in [0.2, 0.25) is 0 Å². The molecule has 26 heavy (non-hydrogen) atoms. The van der Waals surface area contributed by atoms with Gasteiger partial charge in [-0.2, -0.15) is 0 Å². The number of carbonyl (C=O) groups excluding carboxylic acids is 1. The molecule has 0 radical (unpaired) electrons. The molecule has 1 fully saturated rings. The van der Waals surface area contributed by atoms with Crippen molar-refractivity contribution in [1.29, 1.82) is 0 Å². The van der Waals surface area contributed by atoms with Gasteiger partial charge in [0.15, 0.2) is 0 Å². The summed E-state index contributed by atoms with van der Waals surface area (Å²) in [7, 11) is 0. The van der Waals surface area contributed by atoms with Gasteiger partial charge in [-0.3, -0.25) is 4.79 Å². The van der Waals surface area contributed by atoms with Crippen LogP contribution in [0.5, 0.6) is 0 Å². The third-order valence-electron chi connectivity index (χ3n) is 5.50. The minimum absolute atomic E-state index is 0.0758. The number of fused-ring (bicyclic) bond motifs is 3. The highest BCUT2D eigenvalue weighted by molar-refractivity contribution is 5.82. The van der Waals surface area contributed by atoms with Crippen LogP contribution >= 0.6 is 0 Å². The first-order valence-electron chi connectivity index (χ1n) is 9.30. The van der Waals surface area contributed by atoms with Crippen molar-refractivity contribution in [1.82, 2.24) is 5.32 Å². The summed E-state index contributed by atoms with van der Waals surface area (Å²) < 4.78 is 13.3. The van der Waals surface area contributed by atoms with E-state index in [-0.39, 0.29) is 23.7 Å². The lowest BCUT2D eigenvalue weighted by Crippen LogP contribution is -2.61. The predicted octanol–water partition coefficient (Wildman–Crippen LogP) is 2.83. The van der Waals surface area contributed by atoms with Crippen LogP contribution < -0.4 is 15.1 Å². The van der Waals surface area contributed by atoms with Crippen LogP contribution in [0.3, 0.4) is 0 Å². The highest BCUT2D eigenvalue weighted by Gasteiger charge is 2.41. The van der Waals surface area contributed by atoms with E-state index >= 15 is 0 Å². The van der Waals surface area contributed by atoms with E-state index in [4.69, 9.17) is 0 Å². The summed E-state index contributed by atoms with van der Waals surface area (Å²) in [6.07, 6.45) is 0.764. The zero-order chi connectivity index (χ0) is 18.1. The molecule has 0 unspecified atom stereocenters. The predicted molar refractivity (Wildman–Crippen MR) is 102 cm³/mol. The average Bonchev–Trinajstić information content (AvgIpc) is 2.67. The standard InChI is InChI=1S/C21H24FN3O/c1-2-23-21(26)18-13-15-5-3-4-6-19(15)25-12-11-24(14-20(18)25)17-9-7-16(22)8-10-17/h3-10,18,20H,2,11-14H2,1H3,(H,23,26)/t18-,20+/m1/s1. The van der Waals surface area contributed by atoms with Crippen LogP contribution in [-0.2, 0) is 11.2 Å². The van der Waals surface area contributed by atoms with Gasteiger partial charge in [0.25, 0.3) is 0 Å². The molecule has 2 aromatic carbocycles. The van der Waals surface area contributed by atoms with Crippen molar-refractivity contribution in [3.8, 4) is 0 Å². The molecule has 1 N–H and O–H groups in total. The van der Waals surface area contributed by atoms with E-state index in [1.165, 1.54) is 23.4 Å². The Morgan fingerprint density at radius 3 is 2.69 bits per heavy atom. The van der Waals surface area contributed by atoms with Crippen molar-refractivity contribution < 1.29 is 9.18 Å². The number of nitrogens with one attached hydrogen (secondary N) is 1. The summed E-state index contributed by atoms with van der Waals surface area (Å²) in [6.45, 7) is 5.08. The topological polar surface area (TPSA) is 35.6 Å². The Bertz CT molecular complexity index is 792. The molecule has 0 saturated carbocycles. The molecule has 2 aromatic rings. The van der Waals surface area contributed by atoms with Crippen molar-refractivity contribution in [3.05, 3.63) is 59.9 Å². The lowest BCUT2D eigenvalue weighted by atomic mass is 9.83. The summed E-state index contributed by atoms with van der Waals surface area (Å²) in [5, 5.41) is 3.01. The molecule has 4 nitrogen and oxygen atoms in total. The minimum atomic E-state index is -0.223. The molecule has 2 heterocycles. The normalized spacial score (nSPS) is 21.8. The van der Waals surface area contributed by atoms with Crippen molar-refractivity contribution >= 4 is 17.3 Å². The Kier molecular flexibility index (Phi) is 4.53. The molecular formula is C21H24FN3O. The highest BCUT2D eigenvalue weighted by Crippen LogP contribution is 2.36. The quantitative estimate of drug-likeness (QED) is 0.922. The second kappa shape index (κ2) is 6.98. The van der Waals surface area contributed by atoms with E-state index in [0.717, 1.165) is 31.7 Å². The monoisotopic (exact) mass is 353 g/mol. The van der Waals surface area contributed by atoms with Gasteiger partial charge in [-0.1, -0.05) is 18.2 Å². The molecule has 0 bridgehead atoms. The number of benzene rings is 2. The SMILES string of the molecule is CCNC(=O)[C@@H]1Cc2ccccc2N2CCN(c3ccc(F)cc3)C[C@@H]12. The van der Waals surface area contributed by atoms with Gasteiger partial charge in [-0.15, -0.1) is 0 Å². The molecule has 0 aromatic heterocycles. The van der Waals surface area contributed by atoms with Gasteiger partial charge in [0.2, 0.25) is 5.91 Å². The maximum Gasteiger partial charge on any atom is 0.225 e. The van der Waals surface area contributed by atoms with E-state index in [9.17, 15) is 9.18 Å². The number of piperazine rings is 1. The molecule has 0 spiro atoms. The van der Waals surface area contributed by atoms with Crippen LogP contribution in [-0.4, -0.2) is 38.1 Å². The first kappa shape index (κ1) is 16.9. The summed E-state index contributed by atoms with van der Waals surface area (Å²) >= 11 is 0. The molecule has 1 amide bonds. The van der Waals surface area contributed by atoms with Crippen molar-refractivity contribution in [3.63, 3.8) is 0 Å². The second-order valence-electron chi connectivity index (χ2n) is 7.02. The third-order valence-corrected chi connectivity index (χ3v) is 5.50. The largest absolute Gasteiger partial charge is 0.368 e. The average molecular weight is 353 g/mol. The minimum Gasteiger partial charge on any atom is -0.368 e. The number of nitrogens with zero attached hydrogens (tertiary/aromatic N) is 2. The molecule has 0 aliphatic carbocycles. The van der Waals surface area contributed by atoms with Gasteiger partial charge >= 0.3 is 0 Å². The van der Waals surface area contributed by atoms with Gasteiger partial charge in [0.1, 0.15) is 5.82 Å². The van der Waals surface area contributed by atoms with E-state index < -0.39 is 0 Å². The first-order chi connectivity index (χ1) is 12.7. The molecule has 2 aliphatic rings. The number of halogens is 1. The van der Waals surface area contributed by atoms with Gasteiger partial charge in [0, 0.05) is 37.6 Å². The van der Waals surface area contributed by atoms with Crippen molar-refractivity contribution in [2.45, 2.75) is 19.4 Å². The smallest absolute Gasteiger partial charge is 0.225 e. The van der Waals surface area contributed by atoms with Crippen molar-refractivity contribution in [2.75, 3.05) is 36.0 Å². The Labute approximate surface area is 153 Å². The van der Waals surface area contributed by atoms with Gasteiger partial charge in [0.05, 0.1) is 12.0 Å².